The lowest BCUT2D eigenvalue weighted by Crippen LogP contribution is -2.45. The van der Waals surface area contributed by atoms with Gasteiger partial charge in [-0.15, -0.1) is 0 Å². The maximum Gasteiger partial charge on any atom is 0.234 e. The maximum absolute atomic E-state index is 10.6. The van der Waals surface area contributed by atoms with E-state index in [0.29, 0.717) is 13.1 Å². The van der Waals surface area contributed by atoms with Crippen LogP contribution < -0.4 is 10.6 Å². The lowest BCUT2D eigenvalue weighted by atomic mass is 10.4. The van der Waals surface area contributed by atoms with Gasteiger partial charge in [-0.25, -0.2) is 0 Å². The molecular formula is C17H40N4O3. The lowest BCUT2D eigenvalue weighted by Gasteiger charge is -2.21. The molecule has 1 aliphatic heterocycles. The van der Waals surface area contributed by atoms with Gasteiger partial charge in [0.1, 0.15) is 6.29 Å². The predicted octanol–water partition coefficient (Wildman–Crippen LogP) is 0.990. The van der Waals surface area contributed by atoms with Crippen LogP contribution >= 0.6 is 0 Å². The van der Waals surface area contributed by atoms with Gasteiger partial charge in [0, 0.05) is 20.1 Å². The fourth-order valence-electron chi connectivity index (χ4n) is 1.28. The highest BCUT2D eigenvalue weighted by molar-refractivity contribution is 5.78. The van der Waals surface area contributed by atoms with Gasteiger partial charge in [-0.3, -0.25) is 19.4 Å². The second-order valence-corrected chi connectivity index (χ2v) is 4.12. The largest absolute Gasteiger partial charge is 0.358 e. The van der Waals surface area contributed by atoms with E-state index < -0.39 is 0 Å². The number of carbonyl (C=O) groups excluding carboxylic acids is 3. The fourth-order valence-corrected chi connectivity index (χ4v) is 1.28. The molecule has 1 aliphatic rings. The van der Waals surface area contributed by atoms with Crippen molar-refractivity contribution in [3.63, 3.8) is 0 Å². The van der Waals surface area contributed by atoms with Gasteiger partial charge >= 0.3 is 0 Å². The quantitative estimate of drug-likeness (QED) is 0.741. The summed E-state index contributed by atoms with van der Waals surface area (Å²) in [6.07, 6.45) is 0.767. The minimum Gasteiger partial charge on any atom is -0.358 e. The molecule has 1 saturated heterocycles. The highest BCUT2D eigenvalue weighted by Crippen LogP contribution is 1.85. The van der Waals surface area contributed by atoms with Crippen molar-refractivity contribution in [2.24, 2.45) is 0 Å². The number of amides is 2. The molecule has 1 rings (SSSR count). The Morgan fingerprint density at radius 3 is 2.04 bits per heavy atom. The number of likely N-dealkylation sites (N-methyl/N-ethyl adjacent to an activating group) is 3. The van der Waals surface area contributed by atoms with Gasteiger partial charge in [-0.2, -0.15) is 0 Å². The molecule has 0 atom stereocenters. The van der Waals surface area contributed by atoms with Crippen molar-refractivity contribution in [2.45, 2.75) is 41.5 Å². The molecule has 1 fully saturated rings. The van der Waals surface area contributed by atoms with E-state index in [1.807, 2.05) is 53.5 Å². The molecule has 0 radical (unpaired) electrons. The minimum absolute atomic E-state index is 0.0793. The average Bonchev–Trinajstić information content (AvgIpc) is 2.60. The van der Waals surface area contributed by atoms with Crippen LogP contribution in [0.25, 0.3) is 0 Å². The zero-order valence-corrected chi connectivity index (χ0v) is 17.2. The zero-order chi connectivity index (χ0) is 20.0. The van der Waals surface area contributed by atoms with Crippen LogP contribution in [0.1, 0.15) is 41.5 Å². The highest BCUT2D eigenvalue weighted by Gasteiger charge is 2.10. The number of nitrogens with zero attached hydrogens (tertiary/aromatic N) is 2. The maximum atomic E-state index is 10.6. The summed E-state index contributed by atoms with van der Waals surface area (Å²) in [6, 6.07) is 0. The van der Waals surface area contributed by atoms with Crippen LogP contribution in [0.3, 0.4) is 0 Å². The molecule has 1 heterocycles. The monoisotopic (exact) mass is 348 g/mol. The Kier molecular flexibility index (Phi) is 33.5. The molecule has 0 spiro atoms. The fraction of sp³-hybridized carbons (Fsp3) is 0.824. The van der Waals surface area contributed by atoms with Gasteiger partial charge in [0.05, 0.1) is 19.6 Å². The number of hydrogen-bond donors (Lipinski definition) is 2. The predicted molar refractivity (Wildman–Crippen MR) is 102 cm³/mol. The Labute approximate surface area is 149 Å². The van der Waals surface area contributed by atoms with Crippen LogP contribution in [0.4, 0.5) is 0 Å². The SMILES string of the molecule is CC.CC.CC.CN1CCNC(=O)C1.CNC(=O)CN(C)CC=O. The van der Waals surface area contributed by atoms with E-state index in [4.69, 9.17) is 0 Å². The first kappa shape index (κ1) is 30.4. The normalized spacial score (nSPS) is 12.3. The van der Waals surface area contributed by atoms with E-state index in [9.17, 15) is 14.4 Å². The number of aldehydes is 1. The van der Waals surface area contributed by atoms with Gasteiger partial charge in [0.15, 0.2) is 0 Å². The molecule has 24 heavy (non-hydrogen) atoms. The van der Waals surface area contributed by atoms with Gasteiger partial charge in [0.2, 0.25) is 11.8 Å². The summed E-state index contributed by atoms with van der Waals surface area (Å²) in [5, 5.41) is 5.19. The van der Waals surface area contributed by atoms with E-state index >= 15 is 0 Å². The van der Waals surface area contributed by atoms with Gasteiger partial charge in [-0.1, -0.05) is 41.5 Å². The van der Waals surface area contributed by atoms with E-state index in [1.54, 1.807) is 19.0 Å². The number of nitrogens with one attached hydrogen (secondary N) is 2. The molecule has 0 aromatic rings. The number of piperazine rings is 1. The zero-order valence-electron chi connectivity index (χ0n) is 17.2. The highest BCUT2D eigenvalue weighted by atomic mass is 16.2. The third-order valence-electron chi connectivity index (χ3n) is 2.31. The topological polar surface area (TPSA) is 81.8 Å². The van der Waals surface area contributed by atoms with E-state index in [1.165, 1.54) is 0 Å². The lowest BCUT2D eigenvalue weighted by molar-refractivity contribution is -0.124. The molecule has 0 saturated carbocycles. The van der Waals surface area contributed by atoms with Gasteiger partial charge in [-0.05, 0) is 14.1 Å². The van der Waals surface area contributed by atoms with Crippen molar-refractivity contribution in [3.05, 3.63) is 0 Å². The first-order chi connectivity index (χ1) is 11.5. The van der Waals surface area contributed by atoms with Crippen molar-refractivity contribution >= 4 is 18.1 Å². The molecule has 7 nitrogen and oxygen atoms in total. The molecular weight excluding hydrogens is 308 g/mol. The van der Waals surface area contributed by atoms with Gasteiger partial charge < -0.3 is 15.4 Å². The van der Waals surface area contributed by atoms with Crippen LogP contribution in [0, 0.1) is 0 Å². The van der Waals surface area contributed by atoms with Crippen LogP contribution in [-0.2, 0) is 14.4 Å². The molecule has 0 aliphatic carbocycles. The summed E-state index contributed by atoms with van der Waals surface area (Å²) in [4.78, 5) is 34.7. The standard InChI is InChI=1S/C6H12N2O2.C5H10N2O.3C2H6/c1-7-6(10)5-8(2)3-4-9;1-7-3-2-6-5(8)4-7;3*1-2/h4H,3,5H2,1-2H3,(H,7,10);2-4H2,1H3,(H,6,8);3*1-2H3. The molecule has 7 heteroatoms. The van der Waals surface area contributed by atoms with Crippen LogP contribution in [0.2, 0.25) is 0 Å². The van der Waals surface area contributed by atoms with Gasteiger partial charge in [0.25, 0.3) is 0 Å². The van der Waals surface area contributed by atoms with Crippen molar-refractivity contribution in [3.8, 4) is 0 Å². The average molecular weight is 349 g/mol. The third kappa shape index (κ3) is 25.5. The molecule has 2 N–H and O–H groups in total. The molecule has 2 amide bonds. The summed E-state index contributed by atoms with van der Waals surface area (Å²) in [7, 11) is 5.22. The second kappa shape index (κ2) is 26.4. The summed E-state index contributed by atoms with van der Waals surface area (Å²) in [5.41, 5.74) is 0. The van der Waals surface area contributed by atoms with Crippen LogP contribution in [-0.4, -0.2) is 81.8 Å². The first-order valence-electron chi connectivity index (χ1n) is 8.77. The Morgan fingerprint density at radius 1 is 1.25 bits per heavy atom. The van der Waals surface area contributed by atoms with E-state index in [-0.39, 0.29) is 18.4 Å². The Hall–Kier alpha value is -1.47. The van der Waals surface area contributed by atoms with Crippen molar-refractivity contribution in [1.82, 2.24) is 20.4 Å². The molecule has 0 aromatic heterocycles. The smallest absolute Gasteiger partial charge is 0.234 e. The molecule has 0 bridgehead atoms. The summed E-state index contributed by atoms with van der Waals surface area (Å²) < 4.78 is 0. The Balaban J connectivity index is -0.000000128. The molecule has 0 unspecified atom stereocenters. The minimum atomic E-state index is -0.0793. The molecule has 0 aromatic carbocycles. The van der Waals surface area contributed by atoms with E-state index in [2.05, 4.69) is 10.6 Å². The van der Waals surface area contributed by atoms with Crippen molar-refractivity contribution < 1.29 is 14.4 Å². The first-order valence-corrected chi connectivity index (χ1v) is 8.77. The second-order valence-electron chi connectivity index (χ2n) is 4.12. The molecule has 146 valence electrons. The Morgan fingerprint density at radius 2 is 1.75 bits per heavy atom. The summed E-state index contributed by atoms with van der Waals surface area (Å²) in [5.74, 6) is 0.0584. The number of hydrogen-bond acceptors (Lipinski definition) is 5. The Bertz CT molecular complexity index is 287. The van der Waals surface area contributed by atoms with Crippen molar-refractivity contribution in [2.75, 3.05) is 53.9 Å². The van der Waals surface area contributed by atoms with Crippen molar-refractivity contribution in [1.29, 1.82) is 0 Å². The van der Waals surface area contributed by atoms with Crippen LogP contribution in [0.15, 0.2) is 0 Å². The third-order valence-corrected chi connectivity index (χ3v) is 2.31. The van der Waals surface area contributed by atoms with Crippen LogP contribution in [0.5, 0.6) is 0 Å². The van der Waals surface area contributed by atoms with E-state index in [0.717, 1.165) is 19.4 Å². The number of rotatable bonds is 4. The number of carbonyl (C=O) groups is 3. The summed E-state index contributed by atoms with van der Waals surface area (Å²) >= 11 is 0. The summed E-state index contributed by atoms with van der Waals surface area (Å²) in [6.45, 7) is 14.9.